The van der Waals surface area contributed by atoms with Crippen LogP contribution in [0.4, 0.5) is 0 Å². The van der Waals surface area contributed by atoms with E-state index < -0.39 is 5.66 Å². The van der Waals surface area contributed by atoms with E-state index in [1.165, 1.54) is 5.56 Å². The molecule has 0 radical (unpaired) electrons. The monoisotopic (exact) mass is 216 g/mol. The minimum absolute atomic E-state index is 0.433. The Hall–Kier alpha value is -1.58. The summed E-state index contributed by atoms with van der Waals surface area (Å²) >= 11 is 0. The third kappa shape index (κ3) is 2.51. The molecule has 84 valence electrons. The molecule has 16 heavy (non-hydrogen) atoms. The van der Waals surface area contributed by atoms with Gasteiger partial charge in [0.2, 0.25) is 0 Å². The fraction of sp³-hybridized carbons (Fsp3) is 0.500. The van der Waals surface area contributed by atoms with Crippen molar-refractivity contribution in [3.8, 4) is 0 Å². The highest BCUT2D eigenvalue weighted by Gasteiger charge is 2.32. The second-order valence-corrected chi connectivity index (χ2v) is 4.13. The Bertz CT molecular complexity index is 371. The van der Waals surface area contributed by atoms with Crippen LogP contribution in [0, 0.1) is 0 Å². The lowest BCUT2D eigenvalue weighted by molar-refractivity contribution is 0.391. The summed E-state index contributed by atoms with van der Waals surface area (Å²) in [6.45, 7) is 2.17. The number of benzene rings is 1. The van der Waals surface area contributed by atoms with Crippen molar-refractivity contribution in [1.29, 1.82) is 0 Å². The lowest BCUT2D eigenvalue weighted by atomic mass is 9.96. The molecule has 0 aliphatic carbocycles. The van der Waals surface area contributed by atoms with Crippen molar-refractivity contribution in [2.45, 2.75) is 38.3 Å². The van der Waals surface area contributed by atoms with Gasteiger partial charge in [0.1, 0.15) is 0 Å². The smallest absolute Gasteiger partial charge is 0.134 e. The van der Waals surface area contributed by atoms with Crippen LogP contribution < -0.4 is 0 Å². The Morgan fingerprint density at radius 2 is 1.75 bits per heavy atom. The summed E-state index contributed by atoms with van der Waals surface area (Å²) in [4.78, 5) is 0. The van der Waals surface area contributed by atoms with Crippen LogP contribution in [-0.4, -0.2) is 5.66 Å². The maximum Gasteiger partial charge on any atom is 0.199 e. The SMILES string of the molecule is CCCCC1(Cc2ccccc2)N=NN=N1. The molecule has 0 atom stereocenters. The van der Waals surface area contributed by atoms with Gasteiger partial charge in [0.05, 0.1) is 0 Å². The van der Waals surface area contributed by atoms with E-state index in [1.54, 1.807) is 0 Å². The van der Waals surface area contributed by atoms with Gasteiger partial charge < -0.3 is 0 Å². The normalized spacial score (nSPS) is 16.8. The second kappa shape index (κ2) is 4.96. The van der Waals surface area contributed by atoms with Crippen molar-refractivity contribution in [3.63, 3.8) is 0 Å². The summed E-state index contributed by atoms with van der Waals surface area (Å²) in [5.74, 6) is 0. The molecule has 0 bridgehead atoms. The average Bonchev–Trinajstić information content (AvgIpc) is 2.77. The number of rotatable bonds is 5. The molecule has 1 aromatic carbocycles. The first-order chi connectivity index (χ1) is 7.85. The van der Waals surface area contributed by atoms with Crippen LogP contribution >= 0.6 is 0 Å². The van der Waals surface area contributed by atoms with E-state index in [2.05, 4.69) is 39.7 Å². The second-order valence-electron chi connectivity index (χ2n) is 4.13. The van der Waals surface area contributed by atoms with Crippen LogP contribution in [0.1, 0.15) is 31.7 Å². The van der Waals surface area contributed by atoms with Gasteiger partial charge in [-0.15, -0.1) is 10.2 Å². The van der Waals surface area contributed by atoms with Gasteiger partial charge >= 0.3 is 0 Å². The Morgan fingerprint density at radius 3 is 2.38 bits per heavy atom. The first-order valence-corrected chi connectivity index (χ1v) is 5.73. The molecule has 0 saturated carbocycles. The molecule has 0 amide bonds. The van der Waals surface area contributed by atoms with Crippen molar-refractivity contribution in [1.82, 2.24) is 0 Å². The van der Waals surface area contributed by atoms with Gasteiger partial charge in [0, 0.05) is 6.42 Å². The molecule has 0 fully saturated rings. The molecule has 4 nitrogen and oxygen atoms in total. The standard InChI is InChI=1S/C12H16N4/c1-2-3-9-12(13-15-16-14-12)10-11-7-5-4-6-8-11/h4-8H,2-3,9-10H2,1H3. The predicted molar refractivity (Wildman–Crippen MR) is 62.1 cm³/mol. The largest absolute Gasteiger partial charge is 0.199 e. The molecule has 0 spiro atoms. The molecule has 0 unspecified atom stereocenters. The quantitative estimate of drug-likeness (QED) is 0.715. The van der Waals surface area contributed by atoms with Crippen LogP contribution in [0.5, 0.6) is 0 Å². The lowest BCUT2D eigenvalue weighted by Crippen LogP contribution is -2.24. The summed E-state index contributed by atoms with van der Waals surface area (Å²) in [5.41, 5.74) is 0.801. The third-order valence-electron chi connectivity index (χ3n) is 2.76. The van der Waals surface area contributed by atoms with Gasteiger partial charge in [0.25, 0.3) is 0 Å². The van der Waals surface area contributed by atoms with E-state index in [0.717, 1.165) is 25.7 Å². The molecule has 0 aromatic heterocycles. The minimum Gasteiger partial charge on any atom is -0.134 e. The zero-order valence-corrected chi connectivity index (χ0v) is 9.50. The first-order valence-electron chi connectivity index (χ1n) is 5.73. The number of unbranched alkanes of at least 4 members (excludes halogenated alkanes) is 1. The molecule has 1 aliphatic rings. The molecule has 4 heteroatoms. The molecule has 0 saturated heterocycles. The maximum atomic E-state index is 4.19. The number of hydrogen-bond acceptors (Lipinski definition) is 4. The van der Waals surface area contributed by atoms with Gasteiger partial charge in [-0.25, -0.2) is 0 Å². The van der Waals surface area contributed by atoms with Gasteiger partial charge in [-0.1, -0.05) is 43.7 Å². The van der Waals surface area contributed by atoms with Gasteiger partial charge in [0.15, 0.2) is 5.66 Å². The van der Waals surface area contributed by atoms with Gasteiger partial charge in [-0.2, -0.15) is 0 Å². The van der Waals surface area contributed by atoms with E-state index >= 15 is 0 Å². The summed E-state index contributed by atoms with van der Waals surface area (Å²) in [7, 11) is 0. The predicted octanol–water partition coefficient (Wildman–Crippen LogP) is 3.95. The van der Waals surface area contributed by atoms with E-state index in [1.807, 2.05) is 18.2 Å². The molecular weight excluding hydrogens is 200 g/mol. The van der Waals surface area contributed by atoms with E-state index in [4.69, 9.17) is 0 Å². The summed E-state index contributed by atoms with van der Waals surface area (Å²) < 4.78 is 0. The zero-order chi connectivity index (χ0) is 11.3. The van der Waals surface area contributed by atoms with Crippen molar-refractivity contribution >= 4 is 0 Å². The summed E-state index contributed by atoms with van der Waals surface area (Å²) in [6, 6.07) is 10.3. The summed E-state index contributed by atoms with van der Waals surface area (Å²) in [6.07, 6.45) is 3.96. The highest BCUT2D eigenvalue weighted by atomic mass is 15.6. The van der Waals surface area contributed by atoms with E-state index in [-0.39, 0.29) is 0 Å². The van der Waals surface area contributed by atoms with E-state index in [0.29, 0.717) is 0 Å². The fourth-order valence-corrected chi connectivity index (χ4v) is 1.87. The van der Waals surface area contributed by atoms with Crippen molar-refractivity contribution < 1.29 is 0 Å². The first kappa shape index (κ1) is 10.9. The molecule has 0 N–H and O–H groups in total. The Morgan fingerprint density at radius 1 is 1.06 bits per heavy atom. The van der Waals surface area contributed by atoms with Crippen LogP contribution in [0.15, 0.2) is 51.0 Å². The molecule has 1 heterocycles. The van der Waals surface area contributed by atoms with Crippen molar-refractivity contribution in [2.75, 3.05) is 0 Å². The third-order valence-corrected chi connectivity index (χ3v) is 2.76. The number of hydrogen-bond donors (Lipinski definition) is 0. The Labute approximate surface area is 95.5 Å². The maximum absolute atomic E-state index is 4.19. The topological polar surface area (TPSA) is 49.4 Å². The van der Waals surface area contributed by atoms with Gasteiger partial charge in [-0.05, 0) is 28.9 Å². The molecule has 1 aliphatic heterocycles. The summed E-state index contributed by atoms with van der Waals surface area (Å²) in [5, 5.41) is 15.7. The zero-order valence-electron chi connectivity index (χ0n) is 9.50. The molecule has 2 rings (SSSR count). The highest BCUT2D eigenvalue weighted by molar-refractivity contribution is 5.17. The van der Waals surface area contributed by atoms with Crippen LogP contribution in [-0.2, 0) is 6.42 Å². The van der Waals surface area contributed by atoms with Gasteiger partial charge in [-0.3, -0.25) is 0 Å². The lowest BCUT2D eigenvalue weighted by Gasteiger charge is -2.19. The molecular formula is C12H16N4. The fourth-order valence-electron chi connectivity index (χ4n) is 1.87. The highest BCUT2D eigenvalue weighted by Crippen LogP contribution is 2.30. The van der Waals surface area contributed by atoms with Crippen LogP contribution in [0.2, 0.25) is 0 Å². The van der Waals surface area contributed by atoms with Crippen molar-refractivity contribution in [3.05, 3.63) is 35.9 Å². The Balaban J connectivity index is 2.09. The number of nitrogens with zero attached hydrogens (tertiary/aromatic N) is 4. The molecule has 1 aromatic rings. The average molecular weight is 216 g/mol. The van der Waals surface area contributed by atoms with Crippen LogP contribution in [0.25, 0.3) is 0 Å². The minimum atomic E-state index is -0.433. The Kier molecular flexibility index (Phi) is 3.39. The van der Waals surface area contributed by atoms with E-state index in [9.17, 15) is 0 Å². The van der Waals surface area contributed by atoms with Crippen molar-refractivity contribution in [2.24, 2.45) is 20.7 Å². The van der Waals surface area contributed by atoms with Crippen LogP contribution in [0.3, 0.4) is 0 Å².